The van der Waals surface area contributed by atoms with E-state index in [0.717, 1.165) is 11.1 Å². The average molecular weight is 437 g/mol. The topological polar surface area (TPSA) is 67.9 Å². The van der Waals surface area contributed by atoms with E-state index in [2.05, 4.69) is 23.5 Å². The molecule has 2 amide bonds. The Morgan fingerprint density at radius 1 is 1.13 bits per heavy atom. The largest absolute Gasteiger partial charge is 0.497 e. The first-order valence-electron chi connectivity index (χ1n) is 10.0. The number of nitrogens with zero attached hydrogens (tertiary/aromatic N) is 1. The van der Waals surface area contributed by atoms with Gasteiger partial charge in [-0.2, -0.15) is 0 Å². The third kappa shape index (κ3) is 4.41. The molecule has 0 aliphatic carbocycles. The Labute approximate surface area is 185 Å². The quantitative estimate of drug-likeness (QED) is 0.641. The van der Waals surface area contributed by atoms with Crippen LogP contribution in [0, 0.1) is 0 Å². The summed E-state index contributed by atoms with van der Waals surface area (Å²) in [5, 5.41) is 4.93. The summed E-state index contributed by atoms with van der Waals surface area (Å²) >= 11 is 1.69. The molecule has 3 aromatic rings. The minimum atomic E-state index is -0.593. The first kappa shape index (κ1) is 20.9. The molecule has 160 valence electrons. The summed E-state index contributed by atoms with van der Waals surface area (Å²) in [6.45, 7) is 0.855. The van der Waals surface area contributed by atoms with Crippen molar-refractivity contribution in [3.05, 3.63) is 71.1 Å². The van der Waals surface area contributed by atoms with Gasteiger partial charge in [-0.05, 0) is 40.8 Å². The number of carbonyl (C=O) groups is 2. The average Bonchev–Trinajstić information content (AvgIpc) is 3.35. The molecular formula is C24H24N2O4S. The van der Waals surface area contributed by atoms with E-state index in [1.807, 2.05) is 23.6 Å². The van der Waals surface area contributed by atoms with Crippen LogP contribution in [0.2, 0.25) is 0 Å². The van der Waals surface area contributed by atoms with Crippen LogP contribution in [0.5, 0.6) is 11.5 Å². The van der Waals surface area contributed by atoms with Crippen LogP contribution >= 0.6 is 11.3 Å². The summed E-state index contributed by atoms with van der Waals surface area (Å²) in [4.78, 5) is 29.0. The third-order valence-electron chi connectivity index (χ3n) is 5.42. The Balaban J connectivity index is 1.59. The summed E-state index contributed by atoms with van der Waals surface area (Å²) in [5.41, 5.74) is 2.52. The number of carbonyl (C=O) groups excluding carboxylic acids is 2. The van der Waals surface area contributed by atoms with E-state index >= 15 is 0 Å². The lowest BCUT2D eigenvalue weighted by molar-refractivity contribution is -0.127. The number of benzene rings is 2. The number of ether oxygens (including phenoxy) is 2. The molecule has 1 saturated heterocycles. The SMILES string of the molecule is COc1ccc(OC)c(C(=O)N2CCNC(=O)C2Cc2ccc(-c3cccs3)cc2)c1. The Hall–Kier alpha value is -3.32. The van der Waals surface area contributed by atoms with E-state index in [1.54, 1.807) is 41.5 Å². The number of nitrogens with one attached hydrogen (secondary N) is 1. The highest BCUT2D eigenvalue weighted by atomic mass is 32.1. The molecule has 0 radical (unpaired) electrons. The molecule has 1 atom stereocenters. The number of methoxy groups -OCH3 is 2. The van der Waals surface area contributed by atoms with Gasteiger partial charge in [0, 0.05) is 24.4 Å². The standard InChI is InChI=1S/C24H24N2O4S/c1-29-18-9-10-21(30-2)19(15-18)24(28)26-12-11-25-23(27)20(26)14-16-5-7-17(8-6-16)22-4-3-13-31-22/h3-10,13,15,20H,11-12,14H2,1-2H3,(H,25,27). The second-order valence-corrected chi connectivity index (χ2v) is 8.20. The molecule has 1 fully saturated rings. The smallest absolute Gasteiger partial charge is 0.258 e. The molecule has 2 heterocycles. The molecule has 0 saturated carbocycles. The summed E-state index contributed by atoms with van der Waals surface area (Å²) in [7, 11) is 3.07. The van der Waals surface area contributed by atoms with Crippen molar-refractivity contribution < 1.29 is 19.1 Å². The molecule has 6 nitrogen and oxygen atoms in total. The van der Waals surface area contributed by atoms with Crippen LogP contribution < -0.4 is 14.8 Å². The number of amides is 2. The molecule has 1 aromatic heterocycles. The maximum Gasteiger partial charge on any atom is 0.258 e. The van der Waals surface area contributed by atoms with Gasteiger partial charge in [-0.25, -0.2) is 0 Å². The zero-order valence-electron chi connectivity index (χ0n) is 17.5. The molecule has 1 N–H and O–H groups in total. The normalized spacial score (nSPS) is 16.0. The summed E-state index contributed by atoms with van der Waals surface area (Å²) in [5.74, 6) is 0.622. The number of rotatable bonds is 6. The van der Waals surface area contributed by atoms with E-state index in [0.29, 0.717) is 36.6 Å². The van der Waals surface area contributed by atoms with Crippen molar-refractivity contribution >= 4 is 23.2 Å². The fraction of sp³-hybridized carbons (Fsp3) is 0.250. The predicted molar refractivity (Wildman–Crippen MR) is 121 cm³/mol. The highest BCUT2D eigenvalue weighted by Gasteiger charge is 2.34. The van der Waals surface area contributed by atoms with Gasteiger partial charge in [0.05, 0.1) is 19.8 Å². The molecule has 0 spiro atoms. The summed E-state index contributed by atoms with van der Waals surface area (Å²) in [6.07, 6.45) is 0.439. The monoisotopic (exact) mass is 436 g/mol. The zero-order chi connectivity index (χ0) is 21.8. The minimum Gasteiger partial charge on any atom is -0.497 e. The lowest BCUT2D eigenvalue weighted by atomic mass is 9.99. The van der Waals surface area contributed by atoms with Gasteiger partial charge in [-0.15, -0.1) is 11.3 Å². The van der Waals surface area contributed by atoms with Crippen LogP contribution in [0.4, 0.5) is 0 Å². The van der Waals surface area contributed by atoms with Gasteiger partial charge < -0.3 is 19.7 Å². The highest BCUT2D eigenvalue weighted by molar-refractivity contribution is 7.13. The van der Waals surface area contributed by atoms with Gasteiger partial charge in [-0.1, -0.05) is 30.3 Å². The van der Waals surface area contributed by atoms with Gasteiger partial charge in [0.2, 0.25) is 5.91 Å². The molecule has 0 bridgehead atoms. The van der Waals surface area contributed by atoms with Crippen molar-refractivity contribution in [2.75, 3.05) is 27.3 Å². The van der Waals surface area contributed by atoms with E-state index in [9.17, 15) is 9.59 Å². The van der Waals surface area contributed by atoms with Crippen molar-refractivity contribution in [3.63, 3.8) is 0 Å². The second kappa shape index (κ2) is 9.22. The van der Waals surface area contributed by atoms with Gasteiger partial charge >= 0.3 is 0 Å². The maximum atomic E-state index is 13.4. The van der Waals surface area contributed by atoms with Crippen molar-refractivity contribution in [1.29, 1.82) is 0 Å². The van der Waals surface area contributed by atoms with E-state index in [1.165, 1.54) is 12.0 Å². The van der Waals surface area contributed by atoms with Crippen LogP contribution in [-0.4, -0.2) is 50.1 Å². The fourth-order valence-electron chi connectivity index (χ4n) is 3.77. The number of hydrogen-bond donors (Lipinski definition) is 1. The van der Waals surface area contributed by atoms with Gasteiger partial charge in [0.25, 0.3) is 5.91 Å². The predicted octanol–water partition coefficient (Wildman–Crippen LogP) is 3.62. The lowest BCUT2D eigenvalue weighted by Crippen LogP contribution is -2.58. The first-order chi connectivity index (χ1) is 15.1. The first-order valence-corrected chi connectivity index (χ1v) is 10.9. The molecule has 4 rings (SSSR count). The van der Waals surface area contributed by atoms with Gasteiger partial charge in [-0.3, -0.25) is 9.59 Å². The number of thiophene rings is 1. The van der Waals surface area contributed by atoms with Crippen molar-refractivity contribution in [1.82, 2.24) is 10.2 Å². The number of hydrogen-bond acceptors (Lipinski definition) is 5. The molecule has 1 unspecified atom stereocenters. The van der Waals surface area contributed by atoms with E-state index < -0.39 is 6.04 Å². The minimum absolute atomic E-state index is 0.149. The molecule has 2 aromatic carbocycles. The highest BCUT2D eigenvalue weighted by Crippen LogP contribution is 2.28. The Bertz CT molecular complexity index is 1060. The van der Waals surface area contributed by atoms with Gasteiger partial charge in [0.15, 0.2) is 0 Å². The Morgan fingerprint density at radius 2 is 1.94 bits per heavy atom. The molecular weight excluding hydrogens is 412 g/mol. The van der Waals surface area contributed by atoms with Crippen LogP contribution in [-0.2, 0) is 11.2 Å². The van der Waals surface area contributed by atoms with Crippen LogP contribution in [0.15, 0.2) is 60.0 Å². The molecule has 1 aliphatic heterocycles. The maximum absolute atomic E-state index is 13.4. The summed E-state index contributed by atoms with van der Waals surface area (Å²) in [6, 6.07) is 16.8. The van der Waals surface area contributed by atoms with Crippen molar-refractivity contribution in [2.24, 2.45) is 0 Å². The Kier molecular flexibility index (Phi) is 6.23. The zero-order valence-corrected chi connectivity index (χ0v) is 18.3. The molecule has 1 aliphatic rings. The number of piperazine rings is 1. The van der Waals surface area contributed by atoms with Crippen molar-refractivity contribution in [3.8, 4) is 21.9 Å². The Morgan fingerprint density at radius 3 is 2.61 bits per heavy atom. The van der Waals surface area contributed by atoms with Crippen molar-refractivity contribution in [2.45, 2.75) is 12.5 Å². The second-order valence-electron chi connectivity index (χ2n) is 7.25. The lowest BCUT2D eigenvalue weighted by Gasteiger charge is -2.35. The van der Waals surface area contributed by atoms with Crippen LogP contribution in [0.1, 0.15) is 15.9 Å². The third-order valence-corrected chi connectivity index (χ3v) is 6.34. The van der Waals surface area contributed by atoms with Crippen LogP contribution in [0.25, 0.3) is 10.4 Å². The van der Waals surface area contributed by atoms with Gasteiger partial charge in [0.1, 0.15) is 17.5 Å². The van der Waals surface area contributed by atoms with Crippen LogP contribution in [0.3, 0.4) is 0 Å². The van der Waals surface area contributed by atoms with E-state index in [4.69, 9.17) is 9.47 Å². The summed E-state index contributed by atoms with van der Waals surface area (Å²) < 4.78 is 10.7. The molecule has 7 heteroatoms. The van der Waals surface area contributed by atoms with E-state index in [-0.39, 0.29) is 11.8 Å². The fourth-order valence-corrected chi connectivity index (χ4v) is 4.50. The molecule has 31 heavy (non-hydrogen) atoms.